The number of rotatable bonds is 8. The van der Waals surface area contributed by atoms with Gasteiger partial charge in [-0.15, -0.1) is 0 Å². The van der Waals surface area contributed by atoms with E-state index in [1.165, 1.54) is 0 Å². The quantitative estimate of drug-likeness (QED) is 0.418. The first kappa shape index (κ1) is 21.1. The summed E-state index contributed by atoms with van der Waals surface area (Å²) in [6.45, 7) is 0.697. The van der Waals surface area contributed by atoms with Crippen LogP contribution in [0.1, 0.15) is 27.4 Å². The molecule has 1 aromatic heterocycles. The van der Waals surface area contributed by atoms with Crippen LogP contribution in [0.2, 0.25) is 0 Å². The number of benzene rings is 3. The molecule has 0 aliphatic rings. The smallest absolute Gasteiger partial charge is 0.251 e. The number of hydrogen-bond acceptors (Lipinski definition) is 2. The van der Waals surface area contributed by atoms with E-state index >= 15 is 0 Å². The lowest BCUT2D eigenvalue weighted by Gasteiger charge is -2.18. The van der Waals surface area contributed by atoms with E-state index in [0.29, 0.717) is 18.7 Å². The van der Waals surface area contributed by atoms with Gasteiger partial charge >= 0.3 is 0 Å². The molecule has 0 saturated carbocycles. The van der Waals surface area contributed by atoms with Crippen molar-refractivity contribution in [3.05, 3.63) is 126 Å². The van der Waals surface area contributed by atoms with Crippen molar-refractivity contribution in [2.45, 2.75) is 5.92 Å². The summed E-state index contributed by atoms with van der Waals surface area (Å²) >= 11 is 0. The van der Waals surface area contributed by atoms with Gasteiger partial charge in [0.15, 0.2) is 0 Å². The maximum Gasteiger partial charge on any atom is 0.251 e. The molecule has 4 rings (SSSR count). The van der Waals surface area contributed by atoms with Gasteiger partial charge in [-0.1, -0.05) is 60.7 Å². The molecular formula is C27H25N3O2. The number of amides is 2. The number of nitrogens with zero attached hydrogens (tertiary/aromatic N) is 1. The lowest BCUT2D eigenvalue weighted by Crippen LogP contribution is -2.37. The average molecular weight is 424 g/mol. The second kappa shape index (κ2) is 10.3. The van der Waals surface area contributed by atoms with Crippen LogP contribution in [0, 0.1) is 0 Å². The SMILES string of the molecule is O=C(NCCNC(=O)C(c1ccccc1)c1ccccc1)c1ccc(-n2cccc2)cc1. The first-order valence-electron chi connectivity index (χ1n) is 10.6. The molecule has 0 spiro atoms. The second-order valence-corrected chi connectivity index (χ2v) is 7.44. The molecular weight excluding hydrogens is 398 g/mol. The Labute approximate surface area is 187 Å². The fraction of sp³-hybridized carbons (Fsp3) is 0.111. The highest BCUT2D eigenvalue weighted by Crippen LogP contribution is 2.24. The van der Waals surface area contributed by atoms with E-state index < -0.39 is 5.92 Å². The lowest BCUT2D eigenvalue weighted by atomic mass is 9.90. The Morgan fingerprint density at radius 1 is 0.656 bits per heavy atom. The van der Waals surface area contributed by atoms with Gasteiger partial charge in [-0.05, 0) is 47.5 Å². The summed E-state index contributed by atoms with van der Waals surface area (Å²) in [5.41, 5.74) is 3.44. The van der Waals surface area contributed by atoms with Crippen LogP contribution in [-0.2, 0) is 4.79 Å². The number of hydrogen-bond donors (Lipinski definition) is 2. The van der Waals surface area contributed by atoms with Crippen molar-refractivity contribution in [1.82, 2.24) is 15.2 Å². The maximum atomic E-state index is 13.0. The van der Waals surface area contributed by atoms with Crippen LogP contribution in [0.3, 0.4) is 0 Å². The molecule has 32 heavy (non-hydrogen) atoms. The van der Waals surface area contributed by atoms with Crippen molar-refractivity contribution in [2.75, 3.05) is 13.1 Å². The minimum absolute atomic E-state index is 0.0901. The third-order valence-corrected chi connectivity index (χ3v) is 5.27. The first-order valence-corrected chi connectivity index (χ1v) is 10.6. The Morgan fingerprint density at radius 2 is 1.19 bits per heavy atom. The normalized spacial score (nSPS) is 10.7. The fourth-order valence-electron chi connectivity index (χ4n) is 3.64. The van der Waals surface area contributed by atoms with Gasteiger partial charge in [-0.2, -0.15) is 0 Å². The van der Waals surface area contributed by atoms with E-state index in [0.717, 1.165) is 16.8 Å². The molecule has 160 valence electrons. The highest BCUT2D eigenvalue weighted by atomic mass is 16.2. The Kier molecular flexibility index (Phi) is 6.78. The van der Waals surface area contributed by atoms with Crippen LogP contribution < -0.4 is 10.6 Å². The summed E-state index contributed by atoms with van der Waals surface area (Å²) in [6, 6.07) is 30.7. The van der Waals surface area contributed by atoms with Gasteiger partial charge in [0.05, 0.1) is 5.92 Å². The molecule has 2 amide bonds. The summed E-state index contributed by atoms with van der Waals surface area (Å²) in [7, 11) is 0. The molecule has 0 bridgehead atoms. The van der Waals surface area contributed by atoms with Gasteiger partial charge in [0.2, 0.25) is 5.91 Å². The Balaban J connectivity index is 1.32. The maximum absolute atomic E-state index is 13.0. The molecule has 4 aromatic rings. The van der Waals surface area contributed by atoms with E-state index in [4.69, 9.17) is 0 Å². The van der Waals surface area contributed by atoms with Crippen LogP contribution in [0.25, 0.3) is 5.69 Å². The number of aromatic nitrogens is 1. The third-order valence-electron chi connectivity index (χ3n) is 5.27. The highest BCUT2D eigenvalue weighted by Gasteiger charge is 2.22. The number of nitrogens with one attached hydrogen (secondary N) is 2. The van der Waals surface area contributed by atoms with Crippen LogP contribution in [0.4, 0.5) is 0 Å². The van der Waals surface area contributed by atoms with Crippen LogP contribution >= 0.6 is 0 Å². The van der Waals surface area contributed by atoms with Crippen molar-refractivity contribution in [3.63, 3.8) is 0 Å². The molecule has 0 radical (unpaired) electrons. The molecule has 0 fully saturated rings. The Morgan fingerprint density at radius 3 is 1.75 bits per heavy atom. The van der Waals surface area contributed by atoms with Gasteiger partial charge in [-0.3, -0.25) is 9.59 Å². The van der Waals surface area contributed by atoms with Gasteiger partial charge in [0, 0.05) is 36.7 Å². The van der Waals surface area contributed by atoms with Crippen LogP contribution in [0.15, 0.2) is 109 Å². The summed E-state index contributed by atoms with van der Waals surface area (Å²) in [5, 5.41) is 5.82. The van der Waals surface area contributed by atoms with E-state index in [9.17, 15) is 9.59 Å². The molecule has 0 aliphatic heterocycles. The molecule has 2 N–H and O–H groups in total. The largest absolute Gasteiger partial charge is 0.354 e. The molecule has 1 heterocycles. The summed E-state index contributed by atoms with van der Waals surface area (Å²) < 4.78 is 1.98. The zero-order chi connectivity index (χ0) is 22.2. The van der Waals surface area contributed by atoms with E-state index in [1.54, 1.807) is 12.1 Å². The molecule has 0 aliphatic carbocycles. The van der Waals surface area contributed by atoms with Crippen LogP contribution in [0.5, 0.6) is 0 Å². The summed E-state index contributed by atoms with van der Waals surface area (Å²) in [6.07, 6.45) is 3.91. The molecule has 3 aromatic carbocycles. The van der Waals surface area contributed by atoms with Gasteiger partial charge < -0.3 is 15.2 Å². The average Bonchev–Trinajstić information content (AvgIpc) is 3.38. The van der Waals surface area contributed by atoms with Crippen LogP contribution in [-0.4, -0.2) is 29.5 Å². The lowest BCUT2D eigenvalue weighted by molar-refractivity contribution is -0.121. The molecule has 0 unspecified atom stereocenters. The van der Waals surface area contributed by atoms with Crippen molar-refractivity contribution in [3.8, 4) is 5.69 Å². The van der Waals surface area contributed by atoms with Crippen molar-refractivity contribution in [2.24, 2.45) is 0 Å². The first-order chi connectivity index (χ1) is 15.7. The molecule has 5 heteroatoms. The molecule has 0 atom stereocenters. The number of carbonyl (C=O) groups excluding carboxylic acids is 2. The van der Waals surface area contributed by atoms with Crippen molar-refractivity contribution in [1.29, 1.82) is 0 Å². The molecule has 0 saturated heterocycles. The number of carbonyl (C=O) groups is 2. The Hall–Kier alpha value is -4.12. The predicted molar refractivity (Wildman–Crippen MR) is 126 cm³/mol. The minimum atomic E-state index is -0.394. The Bertz CT molecular complexity index is 1100. The predicted octanol–water partition coefficient (Wildman–Crippen LogP) is 4.16. The second-order valence-electron chi connectivity index (χ2n) is 7.44. The monoisotopic (exact) mass is 423 g/mol. The standard InChI is InChI=1S/C27H25N3O2/c31-26(23-13-15-24(16-14-23)30-19-7-8-20-30)28-17-18-29-27(32)25(21-9-3-1-4-10-21)22-11-5-2-6-12-22/h1-16,19-20,25H,17-18H2,(H,28,31)(H,29,32). The van der Waals surface area contributed by atoms with Gasteiger partial charge in [0.25, 0.3) is 5.91 Å². The summed E-state index contributed by atoms with van der Waals surface area (Å²) in [4.78, 5) is 25.4. The van der Waals surface area contributed by atoms with Crippen molar-refractivity contribution < 1.29 is 9.59 Å². The van der Waals surface area contributed by atoms with Crippen molar-refractivity contribution >= 4 is 11.8 Å². The van der Waals surface area contributed by atoms with E-state index in [1.807, 2.05) is 102 Å². The summed E-state index contributed by atoms with van der Waals surface area (Å²) in [5.74, 6) is -0.650. The minimum Gasteiger partial charge on any atom is -0.354 e. The van der Waals surface area contributed by atoms with E-state index in [2.05, 4.69) is 10.6 Å². The zero-order valence-electron chi connectivity index (χ0n) is 17.6. The topological polar surface area (TPSA) is 63.1 Å². The van der Waals surface area contributed by atoms with Gasteiger partial charge in [0.1, 0.15) is 0 Å². The fourth-order valence-corrected chi connectivity index (χ4v) is 3.64. The highest BCUT2D eigenvalue weighted by molar-refractivity contribution is 5.94. The van der Waals surface area contributed by atoms with Gasteiger partial charge in [-0.25, -0.2) is 0 Å². The third kappa shape index (κ3) is 5.13. The van der Waals surface area contributed by atoms with E-state index in [-0.39, 0.29) is 11.8 Å². The zero-order valence-corrected chi connectivity index (χ0v) is 17.6. The molecule has 5 nitrogen and oxygen atoms in total.